The molecule has 1 heterocycles. The molecule has 3 atom stereocenters. The Bertz CT molecular complexity index is 582. The maximum atomic E-state index is 12.1. The first kappa shape index (κ1) is 12.9. The van der Waals surface area contributed by atoms with E-state index in [4.69, 9.17) is 4.74 Å². The van der Waals surface area contributed by atoms with E-state index >= 15 is 0 Å². The zero-order valence-corrected chi connectivity index (χ0v) is 11.4. The second-order valence-corrected chi connectivity index (χ2v) is 5.26. The minimum absolute atomic E-state index is 0.0476. The lowest BCUT2D eigenvalue weighted by Crippen LogP contribution is -2.08. The number of hydrogen-bond acceptors (Lipinski definition) is 3. The van der Waals surface area contributed by atoms with Gasteiger partial charge in [0.25, 0.3) is 0 Å². The fourth-order valence-corrected chi connectivity index (χ4v) is 2.68. The van der Waals surface area contributed by atoms with Gasteiger partial charge < -0.3 is 4.74 Å². The van der Waals surface area contributed by atoms with Crippen molar-refractivity contribution in [2.75, 3.05) is 0 Å². The van der Waals surface area contributed by atoms with E-state index in [0.717, 1.165) is 11.3 Å². The van der Waals surface area contributed by atoms with E-state index in [2.05, 4.69) is 11.9 Å². The minimum atomic E-state index is -0.114. The molecule has 1 aromatic carbocycles. The van der Waals surface area contributed by atoms with Crippen molar-refractivity contribution in [2.24, 2.45) is 11.8 Å². The third kappa shape index (κ3) is 2.57. The van der Waals surface area contributed by atoms with Crippen LogP contribution in [0.5, 0.6) is 0 Å². The van der Waals surface area contributed by atoms with Crippen molar-refractivity contribution >= 4 is 5.97 Å². The Kier molecular flexibility index (Phi) is 3.50. The lowest BCUT2D eigenvalue weighted by atomic mass is 10.2. The summed E-state index contributed by atoms with van der Waals surface area (Å²) in [6.07, 6.45) is 1.77. The van der Waals surface area contributed by atoms with Gasteiger partial charge in [0, 0.05) is 17.8 Å². The summed E-state index contributed by atoms with van der Waals surface area (Å²) in [7, 11) is 0. The molecule has 20 heavy (non-hydrogen) atoms. The molecule has 3 rings (SSSR count). The van der Waals surface area contributed by atoms with E-state index in [-0.39, 0.29) is 17.8 Å². The predicted molar refractivity (Wildman–Crippen MR) is 75.9 cm³/mol. The SMILES string of the molecule is C[C@@H]1[C@@H](C(=O)OCc2ccccc2)[C@@H]1c1ccccn1. The van der Waals surface area contributed by atoms with Crippen LogP contribution >= 0.6 is 0 Å². The van der Waals surface area contributed by atoms with Crippen LogP contribution in [0.4, 0.5) is 0 Å². The number of hydrogen-bond donors (Lipinski definition) is 0. The molecule has 1 fully saturated rings. The molecule has 1 aliphatic rings. The molecule has 0 N–H and O–H groups in total. The number of aromatic nitrogens is 1. The monoisotopic (exact) mass is 267 g/mol. The van der Waals surface area contributed by atoms with Gasteiger partial charge in [0.1, 0.15) is 6.61 Å². The highest BCUT2D eigenvalue weighted by molar-refractivity contribution is 5.78. The molecule has 102 valence electrons. The summed E-state index contributed by atoms with van der Waals surface area (Å²) >= 11 is 0. The van der Waals surface area contributed by atoms with Gasteiger partial charge in [-0.25, -0.2) is 0 Å². The number of rotatable bonds is 4. The maximum absolute atomic E-state index is 12.1. The van der Waals surface area contributed by atoms with Crippen LogP contribution < -0.4 is 0 Å². The summed E-state index contributed by atoms with van der Waals surface area (Å²) in [5.41, 5.74) is 2.00. The molecule has 1 saturated carbocycles. The van der Waals surface area contributed by atoms with Gasteiger partial charge in [-0.3, -0.25) is 9.78 Å². The van der Waals surface area contributed by atoms with Crippen molar-refractivity contribution in [3.63, 3.8) is 0 Å². The topological polar surface area (TPSA) is 39.2 Å². The molecule has 0 aliphatic heterocycles. The van der Waals surface area contributed by atoms with Gasteiger partial charge in [0.2, 0.25) is 0 Å². The Labute approximate surface area is 118 Å². The first-order valence-electron chi connectivity index (χ1n) is 6.89. The minimum Gasteiger partial charge on any atom is -0.461 e. The highest BCUT2D eigenvalue weighted by Crippen LogP contribution is 2.53. The number of carbonyl (C=O) groups is 1. The first-order chi connectivity index (χ1) is 9.77. The fourth-order valence-electron chi connectivity index (χ4n) is 2.68. The molecule has 1 aliphatic carbocycles. The molecule has 0 bridgehead atoms. The highest BCUT2D eigenvalue weighted by atomic mass is 16.5. The van der Waals surface area contributed by atoms with Gasteiger partial charge in [-0.2, -0.15) is 0 Å². The Morgan fingerprint density at radius 1 is 1.15 bits per heavy atom. The number of ether oxygens (including phenoxy) is 1. The van der Waals surface area contributed by atoms with E-state index < -0.39 is 0 Å². The van der Waals surface area contributed by atoms with Crippen molar-refractivity contribution in [2.45, 2.75) is 19.4 Å². The molecule has 1 aromatic heterocycles. The number of nitrogens with zero attached hydrogens (tertiary/aromatic N) is 1. The van der Waals surface area contributed by atoms with Crippen LogP contribution in [-0.2, 0) is 16.1 Å². The van der Waals surface area contributed by atoms with Crippen LogP contribution in [0.1, 0.15) is 24.1 Å². The van der Waals surface area contributed by atoms with Gasteiger partial charge in [-0.15, -0.1) is 0 Å². The van der Waals surface area contributed by atoms with Crippen LogP contribution in [0.3, 0.4) is 0 Å². The Hall–Kier alpha value is -2.16. The summed E-state index contributed by atoms with van der Waals surface area (Å²) in [5, 5.41) is 0. The van der Waals surface area contributed by atoms with Crippen LogP contribution in [0.25, 0.3) is 0 Å². The lowest BCUT2D eigenvalue weighted by molar-refractivity contribution is -0.147. The summed E-state index contributed by atoms with van der Waals surface area (Å²) < 4.78 is 5.41. The molecule has 0 saturated heterocycles. The molecular weight excluding hydrogens is 250 g/mol. The quantitative estimate of drug-likeness (QED) is 0.799. The first-order valence-corrected chi connectivity index (χ1v) is 6.89. The van der Waals surface area contributed by atoms with Gasteiger partial charge in [0.15, 0.2) is 0 Å². The van der Waals surface area contributed by atoms with Gasteiger partial charge in [0.05, 0.1) is 5.92 Å². The molecule has 3 heteroatoms. The average molecular weight is 267 g/mol. The second kappa shape index (κ2) is 5.45. The summed E-state index contributed by atoms with van der Waals surface area (Å²) in [4.78, 5) is 16.5. The zero-order valence-electron chi connectivity index (χ0n) is 11.4. The third-order valence-electron chi connectivity index (χ3n) is 3.90. The molecule has 2 aromatic rings. The molecule has 0 unspecified atom stereocenters. The predicted octanol–water partition coefficient (Wildman–Crippen LogP) is 3.17. The van der Waals surface area contributed by atoms with Crippen molar-refractivity contribution in [1.82, 2.24) is 4.98 Å². The molecule has 0 spiro atoms. The number of esters is 1. The lowest BCUT2D eigenvalue weighted by Gasteiger charge is -2.04. The smallest absolute Gasteiger partial charge is 0.310 e. The number of pyridine rings is 1. The zero-order chi connectivity index (χ0) is 13.9. The van der Waals surface area contributed by atoms with E-state index in [0.29, 0.717) is 12.5 Å². The Morgan fingerprint density at radius 2 is 1.90 bits per heavy atom. The standard InChI is InChI=1S/C17H17NO2/c1-12-15(14-9-5-6-10-18-14)16(12)17(19)20-11-13-7-3-2-4-8-13/h2-10,12,15-16H,11H2,1H3/t12-,15-,16+/m0/s1. The number of carbonyl (C=O) groups excluding carboxylic acids is 1. The van der Waals surface area contributed by atoms with Crippen LogP contribution in [0.2, 0.25) is 0 Å². The summed E-state index contributed by atoms with van der Waals surface area (Å²) in [6.45, 7) is 2.42. The molecule has 0 radical (unpaired) electrons. The number of benzene rings is 1. The van der Waals surface area contributed by atoms with E-state index in [1.54, 1.807) is 6.20 Å². The fraction of sp³-hybridized carbons (Fsp3) is 0.294. The van der Waals surface area contributed by atoms with E-state index in [1.807, 2.05) is 48.5 Å². The molecule has 0 amide bonds. The normalized spacial score (nSPS) is 24.1. The van der Waals surface area contributed by atoms with E-state index in [1.165, 1.54) is 0 Å². The van der Waals surface area contributed by atoms with Crippen molar-refractivity contribution in [3.05, 3.63) is 66.0 Å². The summed E-state index contributed by atoms with van der Waals surface area (Å²) in [6, 6.07) is 15.6. The van der Waals surface area contributed by atoms with Gasteiger partial charge in [-0.05, 0) is 23.6 Å². The Morgan fingerprint density at radius 3 is 2.60 bits per heavy atom. The van der Waals surface area contributed by atoms with Gasteiger partial charge >= 0.3 is 5.97 Å². The Balaban J connectivity index is 1.59. The second-order valence-electron chi connectivity index (χ2n) is 5.26. The van der Waals surface area contributed by atoms with E-state index in [9.17, 15) is 4.79 Å². The summed E-state index contributed by atoms with van der Waals surface area (Å²) in [5.74, 6) is 0.360. The third-order valence-corrected chi connectivity index (χ3v) is 3.90. The van der Waals surface area contributed by atoms with Crippen molar-refractivity contribution < 1.29 is 9.53 Å². The molecular formula is C17H17NO2. The average Bonchev–Trinajstić information content (AvgIpc) is 3.18. The van der Waals surface area contributed by atoms with Crippen LogP contribution in [-0.4, -0.2) is 11.0 Å². The highest BCUT2D eigenvalue weighted by Gasteiger charge is 2.54. The van der Waals surface area contributed by atoms with Crippen molar-refractivity contribution in [1.29, 1.82) is 0 Å². The van der Waals surface area contributed by atoms with Crippen LogP contribution in [0, 0.1) is 11.8 Å². The largest absolute Gasteiger partial charge is 0.461 e. The molecule has 3 nitrogen and oxygen atoms in total. The maximum Gasteiger partial charge on any atom is 0.310 e. The van der Waals surface area contributed by atoms with Crippen LogP contribution in [0.15, 0.2) is 54.7 Å². The van der Waals surface area contributed by atoms with Gasteiger partial charge in [-0.1, -0.05) is 43.3 Å². The van der Waals surface area contributed by atoms with Crippen molar-refractivity contribution in [3.8, 4) is 0 Å².